The number of nitrogens with zero attached hydrogens (tertiary/aromatic N) is 1. The summed E-state index contributed by atoms with van der Waals surface area (Å²) in [6.07, 6.45) is 0.00587. The molecule has 0 spiro atoms. The Morgan fingerprint density at radius 1 is 1.42 bits per heavy atom. The van der Waals surface area contributed by atoms with Gasteiger partial charge in [0.05, 0.1) is 24.2 Å². The Labute approximate surface area is 115 Å². The summed E-state index contributed by atoms with van der Waals surface area (Å²) >= 11 is 1.43. The second-order valence-electron chi connectivity index (χ2n) is 4.26. The van der Waals surface area contributed by atoms with Crippen LogP contribution in [-0.4, -0.2) is 23.2 Å². The maximum atomic E-state index is 10.9. The van der Waals surface area contributed by atoms with Crippen LogP contribution in [0, 0.1) is 13.8 Å². The molecule has 1 aromatic carbocycles. The molecule has 2 rings (SSSR count). The minimum absolute atomic E-state index is 0.00587. The summed E-state index contributed by atoms with van der Waals surface area (Å²) in [6, 6.07) is 5.76. The van der Waals surface area contributed by atoms with Gasteiger partial charge in [-0.15, -0.1) is 11.3 Å². The summed E-state index contributed by atoms with van der Waals surface area (Å²) in [5.41, 5.74) is 2.70. The topological polar surface area (TPSA) is 59.4 Å². The molecule has 0 aliphatic heterocycles. The fraction of sp³-hybridized carbons (Fsp3) is 0.286. The highest BCUT2D eigenvalue weighted by Crippen LogP contribution is 2.31. The number of aromatic nitrogens is 1. The van der Waals surface area contributed by atoms with E-state index >= 15 is 0 Å². The van der Waals surface area contributed by atoms with Gasteiger partial charge in [-0.25, -0.2) is 4.98 Å². The molecule has 0 amide bonds. The monoisotopic (exact) mass is 277 g/mol. The molecule has 2 aromatic rings. The van der Waals surface area contributed by atoms with Crippen molar-refractivity contribution in [3.63, 3.8) is 0 Å². The maximum Gasteiger partial charge on any atom is 0.308 e. The predicted octanol–water partition coefficient (Wildman–Crippen LogP) is 3.06. The normalized spacial score (nSPS) is 10.5. The standard InChI is InChI=1S/C14H15NO3S/c1-8-6-10(4-5-11(8)18-3)14-12(7-13(16)17)19-9(2)15-14/h4-6H,7H2,1-3H3,(H,16,17). The molecule has 5 heteroatoms. The molecule has 1 N–H and O–H groups in total. The van der Waals surface area contributed by atoms with Gasteiger partial charge in [-0.05, 0) is 37.6 Å². The van der Waals surface area contributed by atoms with Crippen LogP contribution in [-0.2, 0) is 11.2 Å². The van der Waals surface area contributed by atoms with Crippen LogP contribution in [0.15, 0.2) is 18.2 Å². The van der Waals surface area contributed by atoms with Crippen LogP contribution in [0.3, 0.4) is 0 Å². The first-order chi connectivity index (χ1) is 9.01. The molecule has 0 saturated carbocycles. The molecular formula is C14H15NO3S. The highest BCUT2D eigenvalue weighted by atomic mass is 32.1. The summed E-state index contributed by atoms with van der Waals surface area (Å²) in [4.78, 5) is 16.1. The molecule has 0 fully saturated rings. The predicted molar refractivity (Wildman–Crippen MR) is 74.9 cm³/mol. The number of rotatable bonds is 4. The molecule has 100 valence electrons. The van der Waals surface area contributed by atoms with E-state index in [1.165, 1.54) is 11.3 Å². The zero-order valence-electron chi connectivity index (χ0n) is 11.1. The van der Waals surface area contributed by atoms with Gasteiger partial charge in [0.25, 0.3) is 0 Å². The average Bonchev–Trinajstić information content (AvgIpc) is 2.69. The van der Waals surface area contributed by atoms with Crippen molar-refractivity contribution in [2.24, 2.45) is 0 Å². The number of hydrogen-bond acceptors (Lipinski definition) is 4. The van der Waals surface area contributed by atoms with Crippen molar-refractivity contribution in [3.05, 3.63) is 33.6 Å². The molecule has 0 atom stereocenters. The SMILES string of the molecule is COc1ccc(-c2nc(C)sc2CC(=O)O)cc1C. The quantitative estimate of drug-likeness (QED) is 0.933. The van der Waals surface area contributed by atoms with Gasteiger partial charge in [0.2, 0.25) is 0 Å². The summed E-state index contributed by atoms with van der Waals surface area (Å²) in [7, 11) is 1.63. The van der Waals surface area contributed by atoms with Gasteiger partial charge in [-0.3, -0.25) is 4.79 Å². The third kappa shape index (κ3) is 2.93. The molecule has 0 aliphatic carbocycles. The van der Waals surface area contributed by atoms with Crippen molar-refractivity contribution in [2.75, 3.05) is 7.11 Å². The number of carbonyl (C=O) groups is 1. The summed E-state index contributed by atoms with van der Waals surface area (Å²) in [5.74, 6) is -0.0226. The van der Waals surface area contributed by atoms with E-state index in [4.69, 9.17) is 9.84 Å². The molecule has 19 heavy (non-hydrogen) atoms. The molecule has 0 bridgehead atoms. The smallest absolute Gasteiger partial charge is 0.308 e. The molecule has 0 aliphatic rings. The fourth-order valence-corrected chi connectivity index (χ4v) is 2.93. The van der Waals surface area contributed by atoms with E-state index < -0.39 is 5.97 Å². The minimum Gasteiger partial charge on any atom is -0.496 e. The minimum atomic E-state index is -0.838. The van der Waals surface area contributed by atoms with Gasteiger partial charge in [0, 0.05) is 10.4 Å². The van der Waals surface area contributed by atoms with Crippen molar-refractivity contribution in [1.82, 2.24) is 4.98 Å². The van der Waals surface area contributed by atoms with Crippen LogP contribution in [0.25, 0.3) is 11.3 Å². The van der Waals surface area contributed by atoms with Crippen LogP contribution in [0.4, 0.5) is 0 Å². The van der Waals surface area contributed by atoms with Gasteiger partial charge in [-0.1, -0.05) is 0 Å². The molecule has 0 unspecified atom stereocenters. The summed E-state index contributed by atoms with van der Waals surface area (Å²) in [6.45, 7) is 3.84. The molecular weight excluding hydrogens is 262 g/mol. The van der Waals surface area contributed by atoms with Gasteiger partial charge in [0.1, 0.15) is 5.75 Å². The Kier molecular flexibility index (Phi) is 3.85. The molecule has 0 radical (unpaired) electrons. The van der Waals surface area contributed by atoms with E-state index in [9.17, 15) is 4.79 Å². The van der Waals surface area contributed by atoms with E-state index in [0.29, 0.717) is 0 Å². The second kappa shape index (κ2) is 5.40. The third-order valence-electron chi connectivity index (χ3n) is 2.78. The fourth-order valence-electron chi connectivity index (χ4n) is 1.98. The Morgan fingerprint density at radius 3 is 2.74 bits per heavy atom. The molecule has 1 aromatic heterocycles. The van der Waals surface area contributed by atoms with Gasteiger partial charge in [0.15, 0.2) is 0 Å². The Balaban J connectivity index is 2.46. The third-order valence-corrected chi connectivity index (χ3v) is 3.76. The average molecular weight is 277 g/mol. The molecule has 0 saturated heterocycles. The number of aliphatic carboxylic acids is 1. The zero-order chi connectivity index (χ0) is 14.0. The lowest BCUT2D eigenvalue weighted by atomic mass is 10.1. The number of methoxy groups -OCH3 is 1. The lowest BCUT2D eigenvalue weighted by Crippen LogP contribution is -1.99. The van der Waals surface area contributed by atoms with E-state index in [0.717, 1.165) is 32.5 Å². The Morgan fingerprint density at radius 2 is 2.16 bits per heavy atom. The number of aryl methyl sites for hydroxylation is 2. The Bertz CT molecular complexity index is 619. The van der Waals surface area contributed by atoms with Gasteiger partial charge >= 0.3 is 5.97 Å². The summed E-state index contributed by atoms with van der Waals surface area (Å²) in [5, 5.41) is 9.82. The van der Waals surface area contributed by atoms with Crippen LogP contribution in [0.5, 0.6) is 5.75 Å². The van der Waals surface area contributed by atoms with Crippen LogP contribution in [0.2, 0.25) is 0 Å². The number of benzene rings is 1. The van der Waals surface area contributed by atoms with Gasteiger partial charge in [-0.2, -0.15) is 0 Å². The highest BCUT2D eigenvalue weighted by molar-refractivity contribution is 7.12. The first kappa shape index (κ1) is 13.5. The van der Waals surface area contributed by atoms with Crippen molar-refractivity contribution in [3.8, 4) is 17.0 Å². The van der Waals surface area contributed by atoms with Crippen LogP contribution >= 0.6 is 11.3 Å². The largest absolute Gasteiger partial charge is 0.496 e. The van der Waals surface area contributed by atoms with E-state index in [1.54, 1.807) is 7.11 Å². The lowest BCUT2D eigenvalue weighted by Gasteiger charge is -2.07. The maximum absolute atomic E-state index is 10.9. The number of hydrogen-bond donors (Lipinski definition) is 1. The van der Waals surface area contributed by atoms with Crippen molar-refractivity contribution in [2.45, 2.75) is 20.3 Å². The van der Waals surface area contributed by atoms with Gasteiger partial charge < -0.3 is 9.84 Å². The van der Waals surface area contributed by atoms with E-state index in [1.807, 2.05) is 32.0 Å². The number of carboxylic acid groups (broad SMARTS) is 1. The van der Waals surface area contributed by atoms with Crippen molar-refractivity contribution in [1.29, 1.82) is 0 Å². The highest BCUT2D eigenvalue weighted by Gasteiger charge is 2.15. The molecule has 4 nitrogen and oxygen atoms in total. The number of carboxylic acids is 1. The first-order valence-corrected chi connectivity index (χ1v) is 6.66. The van der Waals surface area contributed by atoms with E-state index in [2.05, 4.69) is 4.98 Å². The van der Waals surface area contributed by atoms with Crippen LogP contribution < -0.4 is 4.74 Å². The van der Waals surface area contributed by atoms with Crippen molar-refractivity contribution >= 4 is 17.3 Å². The first-order valence-electron chi connectivity index (χ1n) is 5.84. The van der Waals surface area contributed by atoms with Crippen molar-refractivity contribution < 1.29 is 14.6 Å². The zero-order valence-corrected chi connectivity index (χ0v) is 11.9. The molecule has 1 heterocycles. The summed E-state index contributed by atoms with van der Waals surface area (Å²) < 4.78 is 5.22. The number of ether oxygens (including phenoxy) is 1. The van der Waals surface area contributed by atoms with E-state index in [-0.39, 0.29) is 6.42 Å². The second-order valence-corrected chi connectivity index (χ2v) is 5.55. The van der Waals surface area contributed by atoms with Crippen LogP contribution in [0.1, 0.15) is 15.4 Å². The Hall–Kier alpha value is -1.88. The number of thiazole rings is 1. The lowest BCUT2D eigenvalue weighted by molar-refractivity contribution is -0.136.